The van der Waals surface area contributed by atoms with Crippen LogP contribution in [0.15, 0.2) is 42.5 Å². The van der Waals surface area contributed by atoms with Gasteiger partial charge in [0.2, 0.25) is 0 Å². The molecule has 0 atom stereocenters. The summed E-state index contributed by atoms with van der Waals surface area (Å²) in [5, 5.41) is 3.25. The largest absolute Gasteiger partial charge is 0.384 e. The van der Waals surface area contributed by atoms with Gasteiger partial charge >= 0.3 is 0 Å². The molecule has 3 nitrogen and oxygen atoms in total. The lowest BCUT2D eigenvalue weighted by molar-refractivity contribution is 0.0992. The monoisotopic (exact) mass is 270 g/mol. The summed E-state index contributed by atoms with van der Waals surface area (Å²) in [6.45, 7) is 0.899. The van der Waals surface area contributed by atoms with E-state index in [2.05, 4.69) is 5.32 Å². The summed E-state index contributed by atoms with van der Waals surface area (Å²) in [6, 6.07) is 11.8. The van der Waals surface area contributed by atoms with Gasteiger partial charge in [0.05, 0.1) is 5.69 Å². The smallest absolute Gasteiger partial charge is 0.258 e. The van der Waals surface area contributed by atoms with Crippen molar-refractivity contribution in [2.24, 2.45) is 0 Å². The van der Waals surface area contributed by atoms with E-state index in [1.165, 1.54) is 11.0 Å². The topological polar surface area (TPSA) is 32.3 Å². The number of anilines is 2. The number of hydrogen-bond donors (Lipinski definition) is 1. The molecule has 20 heavy (non-hydrogen) atoms. The number of amides is 1. The highest BCUT2D eigenvalue weighted by atomic mass is 19.1. The summed E-state index contributed by atoms with van der Waals surface area (Å²) in [4.78, 5) is 13.8. The summed E-state index contributed by atoms with van der Waals surface area (Å²) in [5.74, 6) is -0.601. The number of benzene rings is 2. The zero-order valence-electron chi connectivity index (χ0n) is 11.2. The van der Waals surface area contributed by atoms with Crippen molar-refractivity contribution in [3.63, 3.8) is 0 Å². The van der Waals surface area contributed by atoms with Crippen LogP contribution in [0.4, 0.5) is 15.8 Å². The lowest BCUT2D eigenvalue weighted by Crippen LogP contribution is -2.27. The Hall–Kier alpha value is -2.36. The first-order valence-electron chi connectivity index (χ1n) is 6.56. The van der Waals surface area contributed by atoms with Crippen LogP contribution in [0.5, 0.6) is 0 Å². The van der Waals surface area contributed by atoms with Crippen molar-refractivity contribution in [3.8, 4) is 0 Å². The molecule has 0 unspecified atom stereocenters. The number of carbonyl (C=O) groups is 1. The molecule has 1 amide bonds. The average Bonchev–Trinajstić information content (AvgIpc) is 2.93. The van der Waals surface area contributed by atoms with E-state index >= 15 is 0 Å². The van der Waals surface area contributed by atoms with Gasteiger partial charge in [0.25, 0.3) is 5.91 Å². The second kappa shape index (κ2) is 4.96. The first-order valence-corrected chi connectivity index (χ1v) is 6.56. The fourth-order valence-corrected chi connectivity index (χ4v) is 2.46. The highest BCUT2D eigenvalue weighted by molar-refractivity contribution is 6.06. The van der Waals surface area contributed by atoms with Crippen molar-refractivity contribution in [2.45, 2.75) is 6.42 Å². The molecular formula is C16H15FN2O. The minimum Gasteiger partial charge on any atom is -0.384 e. The number of para-hydroxylation sites is 1. The van der Waals surface area contributed by atoms with Crippen LogP contribution in [0.25, 0.3) is 0 Å². The quantitative estimate of drug-likeness (QED) is 0.909. The van der Waals surface area contributed by atoms with Gasteiger partial charge in [-0.15, -0.1) is 0 Å². The second-order valence-corrected chi connectivity index (χ2v) is 4.86. The Kier molecular flexibility index (Phi) is 3.14. The predicted molar refractivity (Wildman–Crippen MR) is 77.8 cm³/mol. The molecule has 1 aliphatic heterocycles. The molecule has 0 aromatic heterocycles. The highest BCUT2D eigenvalue weighted by Gasteiger charge is 2.18. The highest BCUT2D eigenvalue weighted by Crippen LogP contribution is 2.25. The molecule has 102 valence electrons. The number of nitrogens with one attached hydrogen (secondary N) is 1. The molecule has 0 spiro atoms. The third-order valence-corrected chi connectivity index (χ3v) is 3.58. The van der Waals surface area contributed by atoms with Crippen LogP contribution in [-0.2, 0) is 6.42 Å². The summed E-state index contributed by atoms with van der Waals surface area (Å²) < 4.78 is 13.7. The van der Waals surface area contributed by atoms with Crippen LogP contribution >= 0.6 is 0 Å². The van der Waals surface area contributed by atoms with Crippen LogP contribution in [0.1, 0.15) is 15.9 Å². The van der Waals surface area contributed by atoms with Gasteiger partial charge < -0.3 is 10.2 Å². The first kappa shape index (κ1) is 12.7. The Morgan fingerprint density at radius 3 is 2.85 bits per heavy atom. The summed E-state index contributed by atoms with van der Waals surface area (Å²) in [7, 11) is 1.59. The van der Waals surface area contributed by atoms with Gasteiger partial charge in [-0.25, -0.2) is 4.39 Å². The van der Waals surface area contributed by atoms with E-state index < -0.39 is 5.82 Å². The molecule has 0 aliphatic carbocycles. The molecule has 4 heteroatoms. The van der Waals surface area contributed by atoms with E-state index in [4.69, 9.17) is 0 Å². The zero-order valence-corrected chi connectivity index (χ0v) is 11.2. The van der Waals surface area contributed by atoms with Crippen molar-refractivity contribution in [3.05, 3.63) is 59.4 Å². The van der Waals surface area contributed by atoms with Gasteiger partial charge in [0.15, 0.2) is 0 Å². The molecule has 2 aromatic carbocycles. The summed E-state index contributed by atoms with van der Waals surface area (Å²) in [5.41, 5.74) is 3.09. The molecule has 2 aromatic rings. The van der Waals surface area contributed by atoms with Crippen LogP contribution < -0.4 is 10.2 Å². The fraction of sp³-hybridized carbons (Fsp3) is 0.188. The normalized spacial score (nSPS) is 12.7. The summed E-state index contributed by atoms with van der Waals surface area (Å²) >= 11 is 0. The Morgan fingerprint density at radius 2 is 2.05 bits per heavy atom. The van der Waals surface area contributed by atoms with E-state index in [0.717, 1.165) is 24.2 Å². The number of rotatable bonds is 2. The van der Waals surface area contributed by atoms with Gasteiger partial charge in [0.1, 0.15) is 5.82 Å². The van der Waals surface area contributed by atoms with Crippen molar-refractivity contribution >= 4 is 17.3 Å². The number of nitrogens with zero attached hydrogens (tertiary/aromatic N) is 1. The maximum absolute atomic E-state index is 13.7. The van der Waals surface area contributed by atoms with E-state index in [0.29, 0.717) is 5.56 Å². The predicted octanol–water partition coefficient (Wildman–Crippen LogP) is 3.07. The van der Waals surface area contributed by atoms with Crippen LogP contribution in [0.3, 0.4) is 0 Å². The van der Waals surface area contributed by atoms with E-state index in [9.17, 15) is 9.18 Å². The molecule has 1 aliphatic rings. The van der Waals surface area contributed by atoms with E-state index in [1.807, 2.05) is 12.1 Å². The molecule has 1 heterocycles. The Labute approximate surface area is 117 Å². The SMILES string of the molecule is CN(C(=O)c1ccc2c(c1)CCN2)c1ccccc1F. The lowest BCUT2D eigenvalue weighted by atomic mass is 10.1. The minimum atomic E-state index is -0.397. The first-order chi connectivity index (χ1) is 9.66. The Morgan fingerprint density at radius 1 is 1.25 bits per heavy atom. The van der Waals surface area contributed by atoms with Crippen molar-refractivity contribution in [1.82, 2.24) is 0 Å². The van der Waals surface area contributed by atoms with E-state index in [-0.39, 0.29) is 11.6 Å². The lowest BCUT2D eigenvalue weighted by Gasteiger charge is -2.18. The standard InChI is InChI=1S/C16H15FN2O/c1-19(15-5-3-2-4-13(15)17)16(20)12-6-7-14-11(10-12)8-9-18-14/h2-7,10,18H,8-9H2,1H3. The van der Waals surface area contributed by atoms with Crippen LogP contribution in [0, 0.1) is 5.82 Å². The van der Waals surface area contributed by atoms with Crippen molar-refractivity contribution in [1.29, 1.82) is 0 Å². The zero-order chi connectivity index (χ0) is 14.1. The third-order valence-electron chi connectivity index (χ3n) is 3.58. The van der Waals surface area contributed by atoms with Crippen LogP contribution in [-0.4, -0.2) is 19.5 Å². The molecule has 1 N–H and O–H groups in total. The molecule has 0 saturated carbocycles. The maximum atomic E-state index is 13.7. The number of hydrogen-bond acceptors (Lipinski definition) is 2. The number of fused-ring (bicyclic) bond motifs is 1. The maximum Gasteiger partial charge on any atom is 0.258 e. The van der Waals surface area contributed by atoms with Gasteiger partial charge in [-0.1, -0.05) is 12.1 Å². The molecule has 0 radical (unpaired) electrons. The van der Waals surface area contributed by atoms with Gasteiger partial charge in [-0.05, 0) is 42.3 Å². The molecule has 0 saturated heterocycles. The number of halogens is 1. The number of carbonyl (C=O) groups excluding carboxylic acids is 1. The Balaban J connectivity index is 1.91. The van der Waals surface area contributed by atoms with Gasteiger partial charge in [-0.2, -0.15) is 0 Å². The van der Waals surface area contributed by atoms with Crippen molar-refractivity contribution in [2.75, 3.05) is 23.8 Å². The third kappa shape index (κ3) is 2.13. The van der Waals surface area contributed by atoms with Gasteiger partial charge in [-0.3, -0.25) is 4.79 Å². The van der Waals surface area contributed by atoms with Crippen LogP contribution in [0.2, 0.25) is 0 Å². The molecule has 0 bridgehead atoms. The molecule has 3 rings (SSSR count). The fourth-order valence-electron chi connectivity index (χ4n) is 2.46. The average molecular weight is 270 g/mol. The molecular weight excluding hydrogens is 255 g/mol. The summed E-state index contributed by atoms with van der Waals surface area (Å²) in [6.07, 6.45) is 0.917. The minimum absolute atomic E-state index is 0.204. The molecule has 0 fully saturated rings. The van der Waals surface area contributed by atoms with Gasteiger partial charge in [0, 0.05) is 24.8 Å². The second-order valence-electron chi connectivity index (χ2n) is 4.86. The van der Waals surface area contributed by atoms with Crippen molar-refractivity contribution < 1.29 is 9.18 Å². The Bertz CT molecular complexity index is 669. The van der Waals surface area contributed by atoms with E-state index in [1.54, 1.807) is 31.3 Å².